The molecule has 0 aromatic heterocycles. The molecular formula is C21H21F3N2O4. The van der Waals surface area contributed by atoms with Crippen LogP contribution in [0.4, 0.5) is 13.2 Å². The molecule has 2 aromatic rings. The molecule has 1 saturated heterocycles. The normalized spacial score (nSPS) is 17.0. The average molecular weight is 422 g/mol. The number of carbonyl (C=O) groups is 1. The molecule has 1 fully saturated rings. The van der Waals surface area contributed by atoms with E-state index in [1.165, 1.54) is 12.1 Å². The quantitative estimate of drug-likeness (QED) is 0.757. The first-order valence-corrected chi connectivity index (χ1v) is 9.63. The van der Waals surface area contributed by atoms with Crippen molar-refractivity contribution in [1.82, 2.24) is 9.80 Å². The molecule has 0 N–H and O–H groups in total. The number of benzene rings is 2. The molecule has 0 aliphatic carbocycles. The Morgan fingerprint density at radius 3 is 2.27 bits per heavy atom. The van der Waals surface area contributed by atoms with Crippen molar-refractivity contribution in [2.75, 3.05) is 39.4 Å². The smallest absolute Gasteiger partial charge is 0.486 e. The lowest BCUT2D eigenvalue weighted by molar-refractivity contribution is -0.274. The minimum atomic E-state index is -4.75. The maximum Gasteiger partial charge on any atom is 0.573 e. The number of halogens is 3. The van der Waals surface area contributed by atoms with Gasteiger partial charge in [0.05, 0.1) is 0 Å². The van der Waals surface area contributed by atoms with Crippen LogP contribution in [-0.4, -0.2) is 61.5 Å². The zero-order valence-corrected chi connectivity index (χ0v) is 16.2. The van der Waals surface area contributed by atoms with Gasteiger partial charge in [0.1, 0.15) is 19.0 Å². The highest BCUT2D eigenvalue weighted by molar-refractivity contribution is 5.94. The number of carbonyl (C=O) groups excluding carboxylic acids is 1. The first kappa shape index (κ1) is 20.3. The molecule has 0 unspecified atom stereocenters. The molecule has 2 aliphatic rings. The number of ether oxygens (including phenoxy) is 3. The molecular weight excluding hydrogens is 401 g/mol. The van der Waals surface area contributed by atoms with Crippen LogP contribution >= 0.6 is 0 Å². The molecule has 4 rings (SSSR count). The molecule has 0 saturated carbocycles. The number of fused-ring (bicyclic) bond motifs is 1. The summed E-state index contributed by atoms with van der Waals surface area (Å²) in [7, 11) is 0. The molecule has 0 bridgehead atoms. The minimum Gasteiger partial charge on any atom is -0.486 e. The van der Waals surface area contributed by atoms with Crippen LogP contribution in [0.15, 0.2) is 42.5 Å². The van der Waals surface area contributed by atoms with Gasteiger partial charge in [-0.15, -0.1) is 13.2 Å². The second-order valence-corrected chi connectivity index (χ2v) is 7.12. The first-order valence-electron chi connectivity index (χ1n) is 9.63. The average Bonchev–Trinajstić information content (AvgIpc) is 2.73. The second-order valence-electron chi connectivity index (χ2n) is 7.12. The molecule has 30 heavy (non-hydrogen) atoms. The van der Waals surface area contributed by atoms with E-state index >= 15 is 0 Å². The van der Waals surface area contributed by atoms with Crippen LogP contribution in [0, 0.1) is 0 Å². The molecule has 0 atom stereocenters. The number of rotatable bonds is 4. The van der Waals surface area contributed by atoms with E-state index in [9.17, 15) is 18.0 Å². The van der Waals surface area contributed by atoms with Gasteiger partial charge in [-0.3, -0.25) is 9.69 Å². The number of amides is 1. The maximum atomic E-state index is 12.6. The lowest BCUT2D eigenvalue weighted by atomic mass is 10.1. The van der Waals surface area contributed by atoms with E-state index in [1.807, 2.05) is 18.2 Å². The number of hydrogen-bond acceptors (Lipinski definition) is 5. The minimum absolute atomic E-state index is 0.201. The Morgan fingerprint density at radius 1 is 0.933 bits per heavy atom. The molecule has 6 nitrogen and oxygen atoms in total. The summed E-state index contributed by atoms with van der Waals surface area (Å²) in [5.41, 5.74) is 1.45. The highest BCUT2D eigenvalue weighted by Gasteiger charge is 2.31. The lowest BCUT2D eigenvalue weighted by Gasteiger charge is -2.35. The van der Waals surface area contributed by atoms with Gasteiger partial charge in [0.15, 0.2) is 11.5 Å². The first-order chi connectivity index (χ1) is 14.4. The molecule has 2 heterocycles. The van der Waals surface area contributed by atoms with Crippen LogP contribution < -0.4 is 14.2 Å². The summed E-state index contributed by atoms with van der Waals surface area (Å²) in [6.45, 7) is 4.34. The SMILES string of the molecule is O=C(c1ccc(OC(F)(F)F)cc1)N1CCN(Cc2ccc3c(c2)OCCO3)CC1. The maximum absolute atomic E-state index is 12.6. The van der Waals surface area contributed by atoms with Gasteiger partial charge in [-0.25, -0.2) is 0 Å². The van der Waals surface area contributed by atoms with Crippen LogP contribution in [0.25, 0.3) is 0 Å². The zero-order chi connectivity index (χ0) is 21.1. The van der Waals surface area contributed by atoms with E-state index in [4.69, 9.17) is 9.47 Å². The zero-order valence-electron chi connectivity index (χ0n) is 16.2. The number of nitrogens with zero attached hydrogens (tertiary/aromatic N) is 2. The van der Waals surface area contributed by atoms with Crippen molar-refractivity contribution in [2.24, 2.45) is 0 Å². The summed E-state index contributed by atoms with van der Waals surface area (Å²) in [6.07, 6.45) is -4.75. The van der Waals surface area contributed by atoms with Crippen LogP contribution in [0.1, 0.15) is 15.9 Å². The predicted molar refractivity (Wildman–Crippen MR) is 102 cm³/mol. The van der Waals surface area contributed by atoms with Crippen molar-refractivity contribution in [2.45, 2.75) is 12.9 Å². The Kier molecular flexibility index (Phi) is 5.72. The molecule has 160 valence electrons. The van der Waals surface area contributed by atoms with Crippen LogP contribution in [0.3, 0.4) is 0 Å². The van der Waals surface area contributed by atoms with E-state index in [1.54, 1.807) is 4.90 Å². The van der Waals surface area contributed by atoms with E-state index in [2.05, 4.69) is 9.64 Å². The van der Waals surface area contributed by atoms with Crippen molar-refractivity contribution in [3.63, 3.8) is 0 Å². The van der Waals surface area contributed by atoms with Crippen molar-refractivity contribution in [3.05, 3.63) is 53.6 Å². The van der Waals surface area contributed by atoms with E-state index in [0.717, 1.165) is 35.7 Å². The second kappa shape index (κ2) is 8.43. The number of alkyl halides is 3. The Balaban J connectivity index is 1.30. The van der Waals surface area contributed by atoms with Crippen molar-refractivity contribution in [1.29, 1.82) is 0 Å². The monoisotopic (exact) mass is 422 g/mol. The van der Waals surface area contributed by atoms with Gasteiger partial charge in [-0.05, 0) is 42.0 Å². The molecule has 0 radical (unpaired) electrons. The fraction of sp³-hybridized carbons (Fsp3) is 0.381. The van der Waals surface area contributed by atoms with Gasteiger partial charge >= 0.3 is 6.36 Å². The predicted octanol–water partition coefficient (Wildman–Crippen LogP) is 3.31. The topological polar surface area (TPSA) is 51.2 Å². The van der Waals surface area contributed by atoms with Crippen LogP contribution in [-0.2, 0) is 6.54 Å². The van der Waals surface area contributed by atoms with Gasteiger partial charge < -0.3 is 19.1 Å². The molecule has 1 amide bonds. The number of hydrogen-bond donors (Lipinski definition) is 0. The summed E-state index contributed by atoms with van der Waals surface area (Å²) in [6, 6.07) is 10.9. The Morgan fingerprint density at radius 2 is 1.60 bits per heavy atom. The highest BCUT2D eigenvalue weighted by Crippen LogP contribution is 2.31. The standard InChI is InChI=1S/C21H21F3N2O4/c22-21(23,24)30-17-4-2-16(3-5-17)20(27)26-9-7-25(8-10-26)14-15-1-6-18-19(13-15)29-12-11-28-18/h1-6,13H,7-12,14H2. The third-order valence-electron chi connectivity index (χ3n) is 5.01. The van der Waals surface area contributed by atoms with Gasteiger partial charge in [-0.1, -0.05) is 6.07 Å². The van der Waals surface area contributed by atoms with Crippen molar-refractivity contribution < 1.29 is 32.2 Å². The molecule has 0 spiro atoms. The highest BCUT2D eigenvalue weighted by atomic mass is 19.4. The van der Waals surface area contributed by atoms with Gasteiger partial charge in [0, 0.05) is 38.3 Å². The van der Waals surface area contributed by atoms with Gasteiger partial charge in [-0.2, -0.15) is 0 Å². The summed E-state index contributed by atoms with van der Waals surface area (Å²) in [5, 5.41) is 0. The summed E-state index contributed by atoms with van der Waals surface area (Å²) < 4.78 is 51.7. The lowest BCUT2D eigenvalue weighted by Crippen LogP contribution is -2.48. The van der Waals surface area contributed by atoms with E-state index < -0.39 is 6.36 Å². The summed E-state index contributed by atoms with van der Waals surface area (Å²) in [4.78, 5) is 16.6. The van der Waals surface area contributed by atoms with E-state index in [-0.39, 0.29) is 11.7 Å². The molecule has 2 aromatic carbocycles. The largest absolute Gasteiger partial charge is 0.573 e. The van der Waals surface area contributed by atoms with Crippen molar-refractivity contribution >= 4 is 5.91 Å². The molecule has 2 aliphatic heterocycles. The Bertz CT molecular complexity index is 894. The van der Waals surface area contributed by atoms with Crippen molar-refractivity contribution in [3.8, 4) is 17.2 Å². The summed E-state index contributed by atoms with van der Waals surface area (Å²) in [5.74, 6) is 0.966. The summed E-state index contributed by atoms with van der Waals surface area (Å²) >= 11 is 0. The third kappa shape index (κ3) is 4.96. The Hall–Kier alpha value is -2.94. The fourth-order valence-corrected chi connectivity index (χ4v) is 3.54. The van der Waals surface area contributed by atoms with Crippen LogP contribution in [0.2, 0.25) is 0 Å². The van der Waals surface area contributed by atoms with Crippen LogP contribution in [0.5, 0.6) is 17.2 Å². The number of piperazine rings is 1. The third-order valence-corrected chi connectivity index (χ3v) is 5.01. The van der Waals surface area contributed by atoms with Gasteiger partial charge in [0.2, 0.25) is 0 Å². The van der Waals surface area contributed by atoms with Gasteiger partial charge in [0.25, 0.3) is 5.91 Å². The van der Waals surface area contributed by atoms with E-state index in [0.29, 0.717) is 45.0 Å². The Labute approximate surface area is 171 Å². The fourth-order valence-electron chi connectivity index (χ4n) is 3.54. The molecule has 9 heteroatoms.